The smallest absolute Gasteiger partial charge is 0.263 e. The highest BCUT2D eigenvalue weighted by Gasteiger charge is 2.31. The van der Waals surface area contributed by atoms with E-state index < -0.39 is 6.43 Å². The molecule has 0 spiro atoms. The minimum atomic E-state index is -2.64. The van der Waals surface area contributed by atoms with E-state index in [1.807, 2.05) is 6.92 Å². The number of nitrogens with one attached hydrogen (secondary N) is 3. The third-order valence-corrected chi connectivity index (χ3v) is 7.85. The Bertz CT molecular complexity index is 1370. The van der Waals surface area contributed by atoms with Gasteiger partial charge in [0, 0.05) is 35.3 Å². The van der Waals surface area contributed by atoms with Gasteiger partial charge in [-0.2, -0.15) is 0 Å². The average Bonchev–Trinajstić information content (AvgIpc) is 3.68. The van der Waals surface area contributed by atoms with Crippen molar-refractivity contribution < 1.29 is 23.1 Å². The zero-order valence-corrected chi connectivity index (χ0v) is 22.5. The molecule has 2 aliphatic carbocycles. The van der Waals surface area contributed by atoms with E-state index in [-0.39, 0.29) is 35.4 Å². The van der Waals surface area contributed by atoms with Gasteiger partial charge in [0.05, 0.1) is 17.7 Å². The highest BCUT2D eigenvalue weighted by atomic mass is 19.3. The summed E-state index contributed by atoms with van der Waals surface area (Å²) in [5.74, 6) is 0.943. The molecule has 208 valence electrons. The maximum atomic E-state index is 13.6. The van der Waals surface area contributed by atoms with Gasteiger partial charge in [-0.1, -0.05) is 13.8 Å². The molecule has 3 atom stereocenters. The SMILES string of the molecule is CCC(=O)N[C@H]1CC[C@H](NC(=O)c2c(C)[nH]c3c(-c4cc(C(F)F)ccc4OCC4CC4)ncnc23)[C@@H](C)C1. The molecule has 2 fully saturated rings. The first-order valence-corrected chi connectivity index (χ1v) is 13.7. The quantitative estimate of drug-likeness (QED) is 0.334. The fourth-order valence-electron chi connectivity index (χ4n) is 5.40. The number of fused-ring (bicyclic) bond motifs is 1. The Morgan fingerprint density at radius 3 is 2.64 bits per heavy atom. The van der Waals surface area contributed by atoms with E-state index in [1.54, 1.807) is 13.0 Å². The Labute approximate surface area is 226 Å². The molecular formula is C29H35F2N5O3. The van der Waals surface area contributed by atoms with Crippen LogP contribution < -0.4 is 15.4 Å². The number of hydrogen-bond acceptors (Lipinski definition) is 5. The molecule has 3 N–H and O–H groups in total. The van der Waals surface area contributed by atoms with Crippen molar-refractivity contribution in [2.75, 3.05) is 6.61 Å². The molecule has 0 aliphatic heterocycles. The van der Waals surface area contributed by atoms with Crippen molar-refractivity contribution in [3.8, 4) is 17.0 Å². The largest absolute Gasteiger partial charge is 0.493 e. The van der Waals surface area contributed by atoms with Gasteiger partial charge in [0.1, 0.15) is 23.3 Å². The van der Waals surface area contributed by atoms with Gasteiger partial charge in [-0.25, -0.2) is 18.7 Å². The van der Waals surface area contributed by atoms with Crippen molar-refractivity contribution in [1.29, 1.82) is 0 Å². The number of rotatable bonds is 9. The molecule has 2 amide bonds. The number of aromatic nitrogens is 3. The van der Waals surface area contributed by atoms with Gasteiger partial charge in [0.25, 0.3) is 12.3 Å². The molecule has 0 unspecified atom stereocenters. The van der Waals surface area contributed by atoms with E-state index in [9.17, 15) is 18.4 Å². The number of alkyl halides is 2. The highest BCUT2D eigenvalue weighted by molar-refractivity contribution is 6.09. The topological polar surface area (TPSA) is 109 Å². The van der Waals surface area contributed by atoms with Gasteiger partial charge >= 0.3 is 0 Å². The van der Waals surface area contributed by atoms with Crippen molar-refractivity contribution in [2.45, 2.75) is 77.8 Å². The van der Waals surface area contributed by atoms with Crippen LogP contribution in [-0.4, -0.2) is 45.5 Å². The summed E-state index contributed by atoms with van der Waals surface area (Å²) in [7, 11) is 0. The predicted octanol–water partition coefficient (Wildman–Crippen LogP) is 5.47. The summed E-state index contributed by atoms with van der Waals surface area (Å²) in [4.78, 5) is 37.4. The van der Waals surface area contributed by atoms with E-state index in [1.165, 1.54) is 18.5 Å². The zero-order chi connectivity index (χ0) is 27.7. The molecule has 2 saturated carbocycles. The molecule has 0 radical (unpaired) electrons. The normalized spacial score (nSPS) is 21.2. The number of ether oxygens (including phenoxy) is 1. The van der Waals surface area contributed by atoms with Crippen LogP contribution >= 0.6 is 0 Å². The first-order chi connectivity index (χ1) is 18.7. The van der Waals surface area contributed by atoms with Gasteiger partial charge < -0.3 is 20.4 Å². The summed E-state index contributed by atoms with van der Waals surface area (Å²) in [5, 5.41) is 6.23. The predicted molar refractivity (Wildman–Crippen MR) is 144 cm³/mol. The third kappa shape index (κ3) is 5.89. The van der Waals surface area contributed by atoms with Crippen LogP contribution in [0.25, 0.3) is 22.3 Å². The lowest BCUT2D eigenvalue weighted by molar-refractivity contribution is -0.121. The number of H-pyrrole nitrogens is 1. The summed E-state index contributed by atoms with van der Waals surface area (Å²) in [5.41, 5.74) is 2.69. The number of hydrogen-bond donors (Lipinski definition) is 3. The van der Waals surface area contributed by atoms with Crippen LogP contribution in [0.3, 0.4) is 0 Å². The molecular weight excluding hydrogens is 504 g/mol. The van der Waals surface area contributed by atoms with E-state index in [0.29, 0.717) is 58.2 Å². The first kappa shape index (κ1) is 27.0. The fourth-order valence-corrected chi connectivity index (χ4v) is 5.40. The van der Waals surface area contributed by atoms with Crippen molar-refractivity contribution in [2.24, 2.45) is 11.8 Å². The van der Waals surface area contributed by atoms with Crippen molar-refractivity contribution in [1.82, 2.24) is 25.6 Å². The minimum Gasteiger partial charge on any atom is -0.493 e. The summed E-state index contributed by atoms with van der Waals surface area (Å²) in [6, 6.07) is 4.42. The Morgan fingerprint density at radius 1 is 1.15 bits per heavy atom. The number of halogens is 2. The van der Waals surface area contributed by atoms with E-state index in [2.05, 4.69) is 32.5 Å². The molecule has 1 aromatic carbocycles. The third-order valence-electron chi connectivity index (χ3n) is 7.85. The fraction of sp³-hybridized carbons (Fsp3) is 0.517. The number of aromatic amines is 1. The maximum absolute atomic E-state index is 13.6. The summed E-state index contributed by atoms with van der Waals surface area (Å²) in [6.45, 7) is 6.23. The van der Waals surface area contributed by atoms with E-state index in [0.717, 1.165) is 32.1 Å². The second-order valence-electron chi connectivity index (χ2n) is 10.9. The summed E-state index contributed by atoms with van der Waals surface area (Å²) >= 11 is 0. The minimum absolute atomic E-state index is 0.0388. The second kappa shape index (κ2) is 11.3. The van der Waals surface area contributed by atoms with Crippen molar-refractivity contribution in [3.05, 3.63) is 41.3 Å². The van der Waals surface area contributed by atoms with Crippen LogP contribution in [0.2, 0.25) is 0 Å². The molecule has 0 saturated heterocycles. The molecule has 0 bridgehead atoms. The van der Waals surface area contributed by atoms with Crippen LogP contribution in [0.4, 0.5) is 8.78 Å². The van der Waals surface area contributed by atoms with Crippen LogP contribution in [0, 0.1) is 18.8 Å². The standard InChI is InChI=1S/C29H35F2N5O3/c1-4-23(37)35-19-8-9-21(15(2)11-19)36-29(38)24-16(3)34-27-25(32-14-33-26(24)27)20-12-18(28(30)31)7-10-22(20)39-13-17-5-6-17/h7,10,12,14-15,17,19,21,28,34H,4-6,8-9,11,13H2,1-3H3,(H,35,37)(H,36,38)/t15-,19-,21-/m0/s1. The second-order valence-corrected chi connectivity index (χ2v) is 10.9. The Kier molecular flexibility index (Phi) is 7.81. The molecule has 5 rings (SSSR count). The van der Waals surface area contributed by atoms with Crippen molar-refractivity contribution >= 4 is 22.8 Å². The lowest BCUT2D eigenvalue weighted by Gasteiger charge is -2.35. The Hall–Kier alpha value is -3.56. The van der Waals surface area contributed by atoms with Crippen LogP contribution in [0.15, 0.2) is 24.5 Å². The maximum Gasteiger partial charge on any atom is 0.263 e. The number of aryl methyl sites for hydroxylation is 1. The average molecular weight is 540 g/mol. The Morgan fingerprint density at radius 2 is 1.95 bits per heavy atom. The van der Waals surface area contributed by atoms with Gasteiger partial charge in [0.15, 0.2) is 0 Å². The molecule has 3 aromatic rings. The van der Waals surface area contributed by atoms with E-state index >= 15 is 0 Å². The number of carbonyl (C=O) groups excluding carboxylic acids is 2. The van der Waals surface area contributed by atoms with Crippen molar-refractivity contribution in [3.63, 3.8) is 0 Å². The molecule has 39 heavy (non-hydrogen) atoms. The van der Waals surface area contributed by atoms with Gasteiger partial charge in [-0.05, 0) is 69.1 Å². The lowest BCUT2D eigenvalue weighted by atomic mass is 9.82. The van der Waals surface area contributed by atoms with Gasteiger partial charge in [0.2, 0.25) is 5.91 Å². The molecule has 8 nitrogen and oxygen atoms in total. The molecule has 2 aromatic heterocycles. The number of carbonyl (C=O) groups is 2. The van der Waals surface area contributed by atoms with Gasteiger partial charge in [-0.15, -0.1) is 0 Å². The van der Waals surface area contributed by atoms with E-state index in [4.69, 9.17) is 4.74 Å². The number of benzene rings is 1. The molecule has 10 heteroatoms. The van der Waals surface area contributed by atoms with Crippen LogP contribution in [0.1, 0.15) is 80.4 Å². The Balaban J connectivity index is 1.42. The molecule has 2 heterocycles. The zero-order valence-electron chi connectivity index (χ0n) is 22.5. The number of nitrogens with zero attached hydrogens (tertiary/aromatic N) is 2. The first-order valence-electron chi connectivity index (χ1n) is 13.7. The monoisotopic (exact) mass is 539 g/mol. The van der Waals surface area contributed by atoms with Crippen LogP contribution in [-0.2, 0) is 4.79 Å². The summed E-state index contributed by atoms with van der Waals surface area (Å²) in [6.07, 6.45) is 3.71. The molecule has 2 aliphatic rings. The van der Waals surface area contributed by atoms with Crippen LogP contribution in [0.5, 0.6) is 5.75 Å². The highest BCUT2D eigenvalue weighted by Crippen LogP contribution is 2.38. The lowest BCUT2D eigenvalue weighted by Crippen LogP contribution is -2.48. The summed E-state index contributed by atoms with van der Waals surface area (Å²) < 4.78 is 33.2. The number of amides is 2. The van der Waals surface area contributed by atoms with Gasteiger partial charge in [-0.3, -0.25) is 9.59 Å².